The number of carbonyl (C=O) groups is 2. The highest BCUT2D eigenvalue weighted by molar-refractivity contribution is 7.89. The van der Waals surface area contributed by atoms with Crippen LogP contribution in [-0.2, 0) is 19.6 Å². The van der Waals surface area contributed by atoms with Crippen LogP contribution in [0.5, 0.6) is 0 Å². The Morgan fingerprint density at radius 2 is 2.11 bits per heavy atom. The molecule has 19 heavy (non-hydrogen) atoms. The number of nitrogens with one attached hydrogen (secondary N) is 1. The predicted molar refractivity (Wildman–Crippen MR) is 65.2 cm³/mol. The number of nitrogens with two attached hydrogens (primary N) is 1. The highest BCUT2D eigenvalue weighted by atomic mass is 32.2. The fourth-order valence-electron chi connectivity index (χ4n) is 1.65. The average Bonchev–Trinajstić information content (AvgIpc) is 2.57. The van der Waals surface area contributed by atoms with Crippen LogP contribution < -0.4 is 10.5 Å². The zero-order valence-electron chi connectivity index (χ0n) is 10.0. The number of nitrogen functional groups attached to an aromatic ring is 1. The first-order chi connectivity index (χ1) is 8.81. The molecule has 0 aromatic carbocycles. The maximum absolute atomic E-state index is 12.0. The molecule has 0 bridgehead atoms. The van der Waals surface area contributed by atoms with Gasteiger partial charge in [-0.15, -0.1) is 0 Å². The van der Waals surface area contributed by atoms with Gasteiger partial charge in [-0.3, -0.25) is 14.5 Å². The van der Waals surface area contributed by atoms with Crippen molar-refractivity contribution in [2.45, 2.75) is 17.4 Å². The molecular formula is C10H12N4O4S. The van der Waals surface area contributed by atoms with Gasteiger partial charge < -0.3 is 5.73 Å². The van der Waals surface area contributed by atoms with Gasteiger partial charge in [-0.05, 0) is 12.1 Å². The quantitative estimate of drug-likeness (QED) is 0.665. The van der Waals surface area contributed by atoms with E-state index in [-0.39, 0.29) is 17.1 Å². The normalized spacial score (nSPS) is 20.1. The van der Waals surface area contributed by atoms with Crippen LogP contribution in [0.25, 0.3) is 0 Å². The van der Waals surface area contributed by atoms with E-state index < -0.39 is 27.9 Å². The Labute approximate surface area is 109 Å². The van der Waals surface area contributed by atoms with Gasteiger partial charge in [0.1, 0.15) is 16.8 Å². The highest BCUT2D eigenvalue weighted by Gasteiger charge is 2.38. The lowest BCUT2D eigenvalue weighted by atomic mass is 10.3. The zero-order chi connectivity index (χ0) is 14.2. The Kier molecular flexibility index (Phi) is 3.25. The number of nitrogens with zero attached hydrogens (tertiary/aromatic N) is 2. The topological polar surface area (TPSA) is 122 Å². The number of aromatic nitrogens is 1. The second-order valence-corrected chi connectivity index (χ2v) is 5.80. The predicted octanol–water partition coefficient (Wildman–Crippen LogP) is -1.30. The number of amides is 2. The highest BCUT2D eigenvalue weighted by Crippen LogP contribution is 2.15. The van der Waals surface area contributed by atoms with Crippen molar-refractivity contribution in [3.05, 3.63) is 18.3 Å². The summed E-state index contributed by atoms with van der Waals surface area (Å²) in [7, 11) is -2.60. The van der Waals surface area contributed by atoms with Crippen LogP contribution in [0.2, 0.25) is 0 Å². The maximum Gasteiger partial charge on any atom is 0.247 e. The summed E-state index contributed by atoms with van der Waals surface area (Å²) in [5.74, 6) is -0.809. The lowest BCUT2D eigenvalue weighted by Crippen LogP contribution is -2.40. The lowest BCUT2D eigenvalue weighted by molar-refractivity contribution is -0.137. The number of likely N-dealkylation sites (tertiary alicyclic amines) is 1. The first kappa shape index (κ1) is 13.4. The smallest absolute Gasteiger partial charge is 0.247 e. The van der Waals surface area contributed by atoms with Crippen LogP contribution in [0, 0.1) is 0 Å². The summed E-state index contributed by atoms with van der Waals surface area (Å²) in [6.07, 6.45) is 0.902. The Morgan fingerprint density at radius 1 is 1.42 bits per heavy atom. The van der Waals surface area contributed by atoms with Gasteiger partial charge in [0, 0.05) is 13.2 Å². The van der Waals surface area contributed by atoms with Gasteiger partial charge in [0.25, 0.3) is 0 Å². The average molecular weight is 284 g/mol. The van der Waals surface area contributed by atoms with Crippen molar-refractivity contribution in [2.75, 3.05) is 12.8 Å². The van der Waals surface area contributed by atoms with Crippen LogP contribution in [0.15, 0.2) is 23.2 Å². The minimum Gasteiger partial charge on any atom is -0.384 e. The van der Waals surface area contributed by atoms with E-state index in [0.717, 1.165) is 11.1 Å². The molecule has 102 valence electrons. The number of likely N-dealkylation sites (N-methyl/N-ethyl adjacent to an activating group) is 1. The number of rotatable bonds is 3. The summed E-state index contributed by atoms with van der Waals surface area (Å²) in [4.78, 5) is 27.4. The van der Waals surface area contributed by atoms with Crippen molar-refractivity contribution >= 4 is 27.7 Å². The summed E-state index contributed by atoms with van der Waals surface area (Å²) in [5.41, 5.74) is 5.36. The monoisotopic (exact) mass is 284 g/mol. The van der Waals surface area contributed by atoms with Crippen molar-refractivity contribution in [3.8, 4) is 0 Å². The van der Waals surface area contributed by atoms with Gasteiger partial charge in [0.15, 0.2) is 0 Å². The SMILES string of the molecule is CN1C(=O)CC(NS(=O)(=O)c2ccc(N)nc2)C1=O. The maximum atomic E-state index is 12.0. The molecule has 0 radical (unpaired) electrons. The third-order valence-electron chi connectivity index (χ3n) is 2.75. The van der Waals surface area contributed by atoms with E-state index in [2.05, 4.69) is 9.71 Å². The van der Waals surface area contributed by atoms with Crippen LogP contribution >= 0.6 is 0 Å². The first-order valence-corrected chi connectivity index (χ1v) is 6.84. The molecule has 1 aliphatic heterocycles. The van der Waals surface area contributed by atoms with Gasteiger partial charge in [0.2, 0.25) is 21.8 Å². The van der Waals surface area contributed by atoms with Gasteiger partial charge in [-0.25, -0.2) is 13.4 Å². The van der Waals surface area contributed by atoms with E-state index >= 15 is 0 Å². The number of anilines is 1. The number of hydrogen-bond acceptors (Lipinski definition) is 6. The minimum absolute atomic E-state index is 0.114. The van der Waals surface area contributed by atoms with Gasteiger partial charge >= 0.3 is 0 Å². The molecule has 2 amide bonds. The molecule has 0 saturated carbocycles. The van der Waals surface area contributed by atoms with Gasteiger partial charge in [0.05, 0.1) is 6.42 Å². The third kappa shape index (κ3) is 2.56. The van der Waals surface area contributed by atoms with Crippen LogP contribution in [0.1, 0.15) is 6.42 Å². The van der Waals surface area contributed by atoms with E-state index in [1.165, 1.54) is 19.2 Å². The van der Waals surface area contributed by atoms with Crippen molar-refractivity contribution in [1.29, 1.82) is 0 Å². The fourth-order valence-corrected chi connectivity index (χ4v) is 2.79. The number of hydrogen-bond donors (Lipinski definition) is 2. The summed E-state index contributed by atoms with van der Waals surface area (Å²) >= 11 is 0. The Balaban J connectivity index is 2.21. The van der Waals surface area contributed by atoms with E-state index in [1.807, 2.05) is 0 Å². The van der Waals surface area contributed by atoms with Gasteiger partial charge in [-0.1, -0.05) is 0 Å². The molecular weight excluding hydrogens is 272 g/mol. The Bertz CT molecular complexity index is 625. The molecule has 8 nitrogen and oxygen atoms in total. The molecule has 1 aromatic heterocycles. The molecule has 0 aliphatic carbocycles. The standard InChI is InChI=1S/C10H12N4O4S/c1-14-9(15)4-7(10(14)16)13-19(17,18)6-2-3-8(11)12-5-6/h2-3,5,7,13H,4H2,1H3,(H2,11,12). The van der Waals surface area contributed by atoms with Crippen molar-refractivity contribution in [1.82, 2.24) is 14.6 Å². The fraction of sp³-hybridized carbons (Fsp3) is 0.300. The number of imide groups is 1. The second-order valence-electron chi connectivity index (χ2n) is 4.09. The van der Waals surface area contributed by atoms with Crippen molar-refractivity contribution < 1.29 is 18.0 Å². The molecule has 1 fully saturated rings. The number of pyridine rings is 1. The molecule has 2 heterocycles. The largest absolute Gasteiger partial charge is 0.384 e. The number of sulfonamides is 1. The van der Waals surface area contributed by atoms with E-state index in [4.69, 9.17) is 5.73 Å². The molecule has 9 heteroatoms. The van der Waals surface area contributed by atoms with E-state index in [9.17, 15) is 18.0 Å². The molecule has 3 N–H and O–H groups in total. The van der Waals surface area contributed by atoms with Gasteiger partial charge in [-0.2, -0.15) is 4.72 Å². The molecule has 1 saturated heterocycles. The molecule has 1 unspecified atom stereocenters. The Hall–Kier alpha value is -2.00. The summed E-state index contributed by atoms with van der Waals surface area (Å²) in [5, 5.41) is 0. The molecule has 1 atom stereocenters. The van der Waals surface area contributed by atoms with Crippen LogP contribution in [-0.4, -0.2) is 43.2 Å². The Morgan fingerprint density at radius 3 is 2.58 bits per heavy atom. The zero-order valence-corrected chi connectivity index (χ0v) is 10.8. The van der Waals surface area contributed by atoms with Crippen molar-refractivity contribution in [2.24, 2.45) is 0 Å². The van der Waals surface area contributed by atoms with E-state index in [1.54, 1.807) is 0 Å². The summed E-state index contributed by atoms with van der Waals surface area (Å²) < 4.78 is 26.1. The first-order valence-electron chi connectivity index (χ1n) is 5.35. The van der Waals surface area contributed by atoms with Crippen LogP contribution in [0.4, 0.5) is 5.82 Å². The summed E-state index contributed by atoms with van der Waals surface area (Å²) in [6, 6.07) is 1.54. The molecule has 0 spiro atoms. The minimum atomic E-state index is -3.91. The number of carbonyl (C=O) groups excluding carboxylic acids is 2. The third-order valence-corrected chi connectivity index (χ3v) is 4.21. The van der Waals surface area contributed by atoms with Crippen molar-refractivity contribution in [3.63, 3.8) is 0 Å². The van der Waals surface area contributed by atoms with Crippen LogP contribution in [0.3, 0.4) is 0 Å². The van der Waals surface area contributed by atoms with E-state index in [0.29, 0.717) is 0 Å². The molecule has 1 aromatic rings. The molecule has 2 rings (SSSR count). The second kappa shape index (κ2) is 4.59. The summed E-state index contributed by atoms with van der Waals surface area (Å²) in [6.45, 7) is 0. The molecule has 1 aliphatic rings. The lowest BCUT2D eigenvalue weighted by Gasteiger charge is -2.11.